The zero-order valence-corrected chi connectivity index (χ0v) is 16.9. The van der Waals surface area contributed by atoms with E-state index in [4.69, 9.17) is 0 Å². The number of amides is 2. The van der Waals surface area contributed by atoms with E-state index in [1.807, 2.05) is 42.6 Å². The van der Waals surface area contributed by atoms with Crippen LogP contribution in [0.1, 0.15) is 11.3 Å². The van der Waals surface area contributed by atoms with Gasteiger partial charge in [0.1, 0.15) is 5.01 Å². The Morgan fingerprint density at radius 3 is 2.81 bits per heavy atom. The molecule has 0 saturated carbocycles. The molecule has 0 unspecified atom stereocenters. The van der Waals surface area contributed by atoms with Crippen molar-refractivity contribution in [1.82, 2.24) is 15.3 Å². The van der Waals surface area contributed by atoms with Gasteiger partial charge >= 0.3 is 0 Å². The van der Waals surface area contributed by atoms with E-state index in [0.717, 1.165) is 26.3 Å². The van der Waals surface area contributed by atoms with Crippen molar-refractivity contribution in [3.05, 3.63) is 63.8 Å². The quantitative estimate of drug-likeness (QED) is 0.608. The molecular weight excluding hydrogens is 428 g/mol. The van der Waals surface area contributed by atoms with Crippen molar-refractivity contribution < 1.29 is 9.59 Å². The Bertz CT molecular complexity index is 959. The summed E-state index contributed by atoms with van der Waals surface area (Å²) in [5.41, 5.74) is 3.24. The molecule has 0 fully saturated rings. The Morgan fingerprint density at radius 1 is 1.22 bits per heavy atom. The van der Waals surface area contributed by atoms with Gasteiger partial charge in [0.15, 0.2) is 0 Å². The molecule has 6 nitrogen and oxygen atoms in total. The number of halogens is 1. The van der Waals surface area contributed by atoms with Gasteiger partial charge in [-0.2, -0.15) is 0 Å². The highest BCUT2D eigenvalue weighted by Gasteiger charge is 2.11. The molecule has 1 aromatic carbocycles. The number of aryl methyl sites for hydroxylation is 1. The lowest BCUT2D eigenvalue weighted by molar-refractivity contribution is -0.123. The number of anilines is 1. The van der Waals surface area contributed by atoms with Gasteiger partial charge in [0, 0.05) is 33.5 Å². The molecule has 27 heavy (non-hydrogen) atoms. The van der Waals surface area contributed by atoms with Crippen LogP contribution in [0.5, 0.6) is 0 Å². The average Bonchev–Trinajstić information content (AvgIpc) is 3.11. The summed E-state index contributed by atoms with van der Waals surface area (Å²) in [5.74, 6) is -0.524. The first kappa shape index (κ1) is 19.2. The fraction of sp³-hybridized carbons (Fsp3) is 0.158. The lowest BCUT2D eigenvalue weighted by atomic mass is 10.2. The van der Waals surface area contributed by atoms with E-state index >= 15 is 0 Å². The topological polar surface area (TPSA) is 84.0 Å². The van der Waals surface area contributed by atoms with E-state index in [0.29, 0.717) is 5.69 Å². The van der Waals surface area contributed by atoms with Crippen LogP contribution in [0, 0.1) is 6.92 Å². The van der Waals surface area contributed by atoms with Crippen molar-refractivity contribution in [3.8, 4) is 10.6 Å². The molecule has 2 aromatic heterocycles. The number of benzene rings is 1. The Balaban J connectivity index is 1.49. The molecule has 0 spiro atoms. The van der Waals surface area contributed by atoms with Gasteiger partial charge in [0.25, 0.3) is 0 Å². The van der Waals surface area contributed by atoms with Crippen molar-refractivity contribution >= 4 is 44.8 Å². The molecule has 138 valence electrons. The van der Waals surface area contributed by atoms with Gasteiger partial charge < -0.3 is 10.6 Å². The number of carbonyl (C=O) groups excluding carboxylic acids is 2. The third-order valence-corrected chi connectivity index (χ3v) is 5.14. The standard InChI is InChI=1S/C19H17BrN4O2S/c1-12-7-14(20)4-5-16(12)24-18(26)10-22-17(25)8-15-11-27-19(23-15)13-3-2-6-21-9-13/h2-7,9,11H,8,10H2,1H3,(H,22,25)(H,24,26). The highest BCUT2D eigenvalue weighted by Crippen LogP contribution is 2.23. The van der Waals surface area contributed by atoms with Crippen LogP contribution < -0.4 is 10.6 Å². The van der Waals surface area contributed by atoms with Crippen LogP contribution in [0.2, 0.25) is 0 Å². The molecule has 3 rings (SSSR count). The van der Waals surface area contributed by atoms with Crippen molar-refractivity contribution in [2.75, 3.05) is 11.9 Å². The van der Waals surface area contributed by atoms with E-state index in [1.54, 1.807) is 12.4 Å². The second-order valence-corrected chi connectivity index (χ2v) is 7.62. The molecule has 3 aromatic rings. The normalized spacial score (nSPS) is 10.4. The smallest absolute Gasteiger partial charge is 0.243 e. The van der Waals surface area contributed by atoms with Crippen LogP contribution in [0.3, 0.4) is 0 Å². The summed E-state index contributed by atoms with van der Waals surface area (Å²) in [6.07, 6.45) is 3.56. The SMILES string of the molecule is Cc1cc(Br)ccc1NC(=O)CNC(=O)Cc1csc(-c2cccnc2)n1. The summed E-state index contributed by atoms with van der Waals surface area (Å²) in [6.45, 7) is 1.81. The van der Waals surface area contributed by atoms with Gasteiger partial charge in [-0.25, -0.2) is 4.98 Å². The molecule has 0 radical (unpaired) electrons. The summed E-state index contributed by atoms with van der Waals surface area (Å²) >= 11 is 4.84. The van der Waals surface area contributed by atoms with Crippen LogP contribution >= 0.6 is 27.3 Å². The number of nitrogens with zero attached hydrogens (tertiary/aromatic N) is 2. The van der Waals surface area contributed by atoms with Gasteiger partial charge in [-0.15, -0.1) is 11.3 Å². The molecule has 8 heteroatoms. The van der Waals surface area contributed by atoms with Gasteiger partial charge in [0.2, 0.25) is 11.8 Å². The van der Waals surface area contributed by atoms with E-state index in [1.165, 1.54) is 11.3 Å². The summed E-state index contributed by atoms with van der Waals surface area (Å²) < 4.78 is 0.945. The Kier molecular flexibility index (Phi) is 6.31. The van der Waals surface area contributed by atoms with Crippen LogP contribution in [-0.2, 0) is 16.0 Å². The number of carbonyl (C=O) groups is 2. The zero-order valence-electron chi connectivity index (χ0n) is 14.5. The monoisotopic (exact) mass is 444 g/mol. The highest BCUT2D eigenvalue weighted by molar-refractivity contribution is 9.10. The van der Waals surface area contributed by atoms with E-state index in [-0.39, 0.29) is 24.8 Å². The Labute approximate surface area is 169 Å². The third-order valence-electron chi connectivity index (χ3n) is 3.71. The molecule has 2 amide bonds. The van der Waals surface area contributed by atoms with Gasteiger partial charge in [0.05, 0.1) is 18.7 Å². The third kappa shape index (κ3) is 5.45. The minimum absolute atomic E-state index is 0.0893. The average molecular weight is 445 g/mol. The van der Waals surface area contributed by atoms with Crippen molar-refractivity contribution in [3.63, 3.8) is 0 Å². The Morgan fingerprint density at radius 2 is 2.07 bits per heavy atom. The van der Waals surface area contributed by atoms with Gasteiger partial charge in [-0.3, -0.25) is 14.6 Å². The predicted molar refractivity (Wildman–Crippen MR) is 110 cm³/mol. The second kappa shape index (κ2) is 8.88. The molecule has 0 aliphatic carbocycles. The fourth-order valence-electron chi connectivity index (χ4n) is 2.38. The fourth-order valence-corrected chi connectivity index (χ4v) is 3.66. The molecule has 0 aliphatic rings. The van der Waals surface area contributed by atoms with Crippen molar-refractivity contribution in [2.45, 2.75) is 13.3 Å². The molecule has 0 aliphatic heterocycles. The lowest BCUT2D eigenvalue weighted by Gasteiger charge is -2.09. The molecular formula is C19H17BrN4O2S. The predicted octanol–water partition coefficient (Wildman–Crippen LogP) is 3.57. The van der Waals surface area contributed by atoms with E-state index < -0.39 is 0 Å². The Hall–Kier alpha value is -2.58. The number of rotatable bonds is 6. The first-order chi connectivity index (χ1) is 13.0. The second-order valence-electron chi connectivity index (χ2n) is 5.85. The minimum atomic E-state index is -0.275. The molecule has 2 N–H and O–H groups in total. The molecule has 0 saturated heterocycles. The number of aromatic nitrogens is 2. The highest BCUT2D eigenvalue weighted by atomic mass is 79.9. The van der Waals surface area contributed by atoms with Crippen LogP contribution in [0.25, 0.3) is 10.6 Å². The first-order valence-electron chi connectivity index (χ1n) is 8.19. The van der Waals surface area contributed by atoms with E-state index in [9.17, 15) is 9.59 Å². The maximum absolute atomic E-state index is 12.1. The number of hydrogen-bond acceptors (Lipinski definition) is 5. The lowest BCUT2D eigenvalue weighted by Crippen LogP contribution is -2.34. The van der Waals surface area contributed by atoms with Gasteiger partial charge in [-0.1, -0.05) is 15.9 Å². The van der Waals surface area contributed by atoms with Crippen molar-refractivity contribution in [1.29, 1.82) is 0 Å². The maximum atomic E-state index is 12.1. The van der Waals surface area contributed by atoms with E-state index in [2.05, 4.69) is 36.5 Å². The molecule has 0 atom stereocenters. The van der Waals surface area contributed by atoms with Crippen LogP contribution in [-0.4, -0.2) is 28.3 Å². The van der Waals surface area contributed by atoms with Gasteiger partial charge in [-0.05, 0) is 42.8 Å². The first-order valence-corrected chi connectivity index (χ1v) is 9.86. The minimum Gasteiger partial charge on any atom is -0.347 e. The van der Waals surface area contributed by atoms with Crippen LogP contribution in [0.15, 0.2) is 52.6 Å². The van der Waals surface area contributed by atoms with Crippen LogP contribution in [0.4, 0.5) is 5.69 Å². The maximum Gasteiger partial charge on any atom is 0.243 e. The molecule has 2 heterocycles. The number of pyridine rings is 1. The number of hydrogen-bond donors (Lipinski definition) is 2. The summed E-state index contributed by atoms with van der Waals surface area (Å²) in [5, 5.41) is 8.07. The summed E-state index contributed by atoms with van der Waals surface area (Å²) in [7, 11) is 0. The number of thiazole rings is 1. The summed E-state index contributed by atoms with van der Waals surface area (Å²) in [6, 6.07) is 9.34. The summed E-state index contributed by atoms with van der Waals surface area (Å²) in [4.78, 5) is 32.6. The van der Waals surface area contributed by atoms with Crippen molar-refractivity contribution in [2.24, 2.45) is 0 Å². The largest absolute Gasteiger partial charge is 0.347 e. The zero-order chi connectivity index (χ0) is 19.2. The number of nitrogens with one attached hydrogen (secondary N) is 2. The molecule has 0 bridgehead atoms.